The van der Waals surface area contributed by atoms with Crippen LogP contribution in [0.3, 0.4) is 0 Å². The molecule has 1 aliphatic rings. The molecule has 0 radical (unpaired) electrons. The van der Waals surface area contributed by atoms with E-state index in [2.05, 4.69) is 35.4 Å². The minimum absolute atomic E-state index is 0.233. The zero-order valence-electron chi connectivity index (χ0n) is 14.3. The lowest BCUT2D eigenvalue weighted by atomic mass is 10.1. The van der Waals surface area contributed by atoms with Crippen LogP contribution in [0.4, 0.5) is 5.69 Å². The van der Waals surface area contributed by atoms with Crippen LogP contribution in [0.15, 0.2) is 41.8 Å². The van der Waals surface area contributed by atoms with Crippen molar-refractivity contribution in [2.24, 2.45) is 0 Å². The third-order valence-corrected chi connectivity index (χ3v) is 5.49. The van der Waals surface area contributed by atoms with Crippen LogP contribution >= 0.6 is 11.3 Å². The lowest BCUT2D eigenvalue weighted by Gasteiger charge is -2.41. The molecule has 128 valence electrons. The molecule has 5 heteroatoms. The van der Waals surface area contributed by atoms with E-state index in [1.54, 1.807) is 18.4 Å². The monoisotopic (exact) mass is 344 g/mol. The first-order valence-corrected chi connectivity index (χ1v) is 9.26. The van der Waals surface area contributed by atoms with E-state index in [0.717, 1.165) is 31.8 Å². The van der Waals surface area contributed by atoms with Gasteiger partial charge in [-0.2, -0.15) is 0 Å². The fourth-order valence-electron chi connectivity index (χ4n) is 3.18. The van der Waals surface area contributed by atoms with E-state index in [4.69, 9.17) is 4.74 Å². The van der Waals surface area contributed by atoms with Gasteiger partial charge in [-0.05, 0) is 49.1 Å². The highest BCUT2D eigenvalue weighted by molar-refractivity contribution is 7.09. The first-order chi connectivity index (χ1) is 11.7. The van der Waals surface area contributed by atoms with Crippen LogP contribution in [0.2, 0.25) is 0 Å². The first-order valence-electron chi connectivity index (χ1n) is 8.38. The highest BCUT2D eigenvalue weighted by atomic mass is 32.1. The maximum absolute atomic E-state index is 12.5. The van der Waals surface area contributed by atoms with Crippen molar-refractivity contribution in [2.45, 2.75) is 25.8 Å². The molecular weight excluding hydrogens is 320 g/mol. The Morgan fingerprint density at radius 3 is 2.67 bits per heavy atom. The molecule has 2 heterocycles. The SMILES string of the molecule is COc1ccc(N2CCN(C(=O)CCc3cccs3)[C@H](C)C2)cc1. The molecule has 1 amide bonds. The maximum Gasteiger partial charge on any atom is 0.223 e. The van der Waals surface area contributed by atoms with Crippen LogP contribution in [-0.4, -0.2) is 43.6 Å². The number of rotatable bonds is 5. The fraction of sp³-hybridized carbons (Fsp3) is 0.421. The molecule has 3 rings (SSSR count). The topological polar surface area (TPSA) is 32.8 Å². The van der Waals surface area contributed by atoms with Crippen molar-refractivity contribution >= 4 is 22.9 Å². The Morgan fingerprint density at radius 2 is 2.04 bits per heavy atom. The molecule has 4 nitrogen and oxygen atoms in total. The van der Waals surface area contributed by atoms with Crippen LogP contribution in [0, 0.1) is 0 Å². The molecule has 0 unspecified atom stereocenters. The molecule has 24 heavy (non-hydrogen) atoms. The summed E-state index contributed by atoms with van der Waals surface area (Å²) < 4.78 is 5.21. The number of hydrogen-bond donors (Lipinski definition) is 0. The molecule has 2 aromatic rings. The average molecular weight is 344 g/mol. The second kappa shape index (κ2) is 7.71. The van der Waals surface area contributed by atoms with Crippen molar-refractivity contribution in [3.8, 4) is 5.75 Å². The Hall–Kier alpha value is -2.01. The molecule has 0 bridgehead atoms. The van der Waals surface area contributed by atoms with E-state index >= 15 is 0 Å². The highest BCUT2D eigenvalue weighted by Gasteiger charge is 2.27. The molecule has 0 aliphatic carbocycles. The Kier molecular flexibility index (Phi) is 5.41. The number of ether oxygens (including phenoxy) is 1. The fourth-order valence-corrected chi connectivity index (χ4v) is 3.89. The number of thiophene rings is 1. The van der Waals surface area contributed by atoms with E-state index in [-0.39, 0.29) is 11.9 Å². The van der Waals surface area contributed by atoms with Crippen LogP contribution in [0.1, 0.15) is 18.2 Å². The lowest BCUT2D eigenvalue weighted by Crippen LogP contribution is -2.54. The second-order valence-corrected chi connectivity index (χ2v) is 7.19. The van der Waals surface area contributed by atoms with Crippen molar-refractivity contribution in [3.63, 3.8) is 0 Å². The number of carbonyl (C=O) groups is 1. The summed E-state index contributed by atoms with van der Waals surface area (Å²) in [4.78, 5) is 18.2. The van der Waals surface area contributed by atoms with Crippen LogP contribution in [0.25, 0.3) is 0 Å². The molecule has 1 atom stereocenters. The predicted molar refractivity (Wildman–Crippen MR) is 99.0 cm³/mol. The van der Waals surface area contributed by atoms with E-state index in [1.165, 1.54) is 10.6 Å². The largest absolute Gasteiger partial charge is 0.497 e. The molecule has 1 fully saturated rings. The highest BCUT2D eigenvalue weighted by Crippen LogP contribution is 2.23. The minimum Gasteiger partial charge on any atom is -0.497 e. The van der Waals surface area contributed by atoms with Crippen molar-refractivity contribution < 1.29 is 9.53 Å². The van der Waals surface area contributed by atoms with E-state index in [0.29, 0.717) is 6.42 Å². The van der Waals surface area contributed by atoms with Gasteiger partial charge >= 0.3 is 0 Å². The van der Waals surface area contributed by atoms with Gasteiger partial charge in [0.1, 0.15) is 5.75 Å². The van der Waals surface area contributed by atoms with Gasteiger partial charge < -0.3 is 14.5 Å². The number of carbonyl (C=O) groups excluding carboxylic acids is 1. The second-order valence-electron chi connectivity index (χ2n) is 6.16. The molecule has 0 saturated carbocycles. The Bertz CT molecular complexity index is 655. The Balaban J connectivity index is 1.55. The quantitative estimate of drug-likeness (QED) is 0.833. The number of benzene rings is 1. The smallest absolute Gasteiger partial charge is 0.223 e. The van der Waals surface area contributed by atoms with Gasteiger partial charge in [0, 0.05) is 42.7 Å². The van der Waals surface area contributed by atoms with Gasteiger partial charge in [0.2, 0.25) is 5.91 Å². The van der Waals surface area contributed by atoms with Crippen LogP contribution < -0.4 is 9.64 Å². The van der Waals surface area contributed by atoms with Crippen molar-refractivity contribution in [1.82, 2.24) is 4.90 Å². The van der Waals surface area contributed by atoms with E-state index in [1.807, 2.05) is 23.1 Å². The van der Waals surface area contributed by atoms with Gasteiger partial charge in [0.25, 0.3) is 0 Å². The normalized spacial score (nSPS) is 17.8. The molecule has 1 aromatic carbocycles. The molecular formula is C19H24N2O2S. The molecule has 1 aliphatic heterocycles. The zero-order chi connectivity index (χ0) is 16.9. The third-order valence-electron chi connectivity index (χ3n) is 4.55. The van der Waals surface area contributed by atoms with Crippen molar-refractivity contribution in [3.05, 3.63) is 46.7 Å². The number of anilines is 1. The average Bonchev–Trinajstić information content (AvgIpc) is 3.13. The van der Waals surface area contributed by atoms with E-state index in [9.17, 15) is 4.79 Å². The van der Waals surface area contributed by atoms with Crippen molar-refractivity contribution in [1.29, 1.82) is 0 Å². The van der Waals surface area contributed by atoms with Gasteiger partial charge in [-0.25, -0.2) is 0 Å². The van der Waals surface area contributed by atoms with Gasteiger partial charge in [0.15, 0.2) is 0 Å². The van der Waals surface area contributed by atoms with Crippen LogP contribution in [-0.2, 0) is 11.2 Å². The Labute approximate surface area is 147 Å². The summed E-state index contributed by atoms with van der Waals surface area (Å²) in [5, 5.41) is 2.07. The van der Waals surface area contributed by atoms with Crippen molar-refractivity contribution in [2.75, 3.05) is 31.6 Å². The Morgan fingerprint density at radius 1 is 1.25 bits per heavy atom. The summed E-state index contributed by atoms with van der Waals surface area (Å²) in [7, 11) is 1.68. The summed E-state index contributed by atoms with van der Waals surface area (Å²) in [5.74, 6) is 1.14. The van der Waals surface area contributed by atoms with Gasteiger partial charge in [0.05, 0.1) is 7.11 Å². The number of nitrogens with zero attached hydrogens (tertiary/aromatic N) is 2. The lowest BCUT2D eigenvalue weighted by molar-refractivity contribution is -0.133. The number of amides is 1. The third kappa shape index (κ3) is 3.90. The molecule has 0 N–H and O–H groups in total. The summed E-state index contributed by atoms with van der Waals surface area (Å²) in [6.45, 7) is 4.67. The number of methoxy groups -OCH3 is 1. The molecule has 0 spiro atoms. The standard InChI is InChI=1S/C19H24N2O2S/c1-15-14-20(16-5-7-17(23-2)8-6-16)11-12-21(15)19(22)10-9-18-4-3-13-24-18/h3-8,13,15H,9-12,14H2,1-2H3/t15-/m1/s1. The molecule has 1 saturated heterocycles. The maximum atomic E-state index is 12.5. The summed E-state index contributed by atoms with van der Waals surface area (Å²) in [6.07, 6.45) is 1.45. The number of piperazine rings is 1. The number of aryl methyl sites for hydroxylation is 1. The minimum atomic E-state index is 0.233. The number of hydrogen-bond acceptors (Lipinski definition) is 4. The summed E-state index contributed by atoms with van der Waals surface area (Å²) in [5.41, 5.74) is 1.19. The zero-order valence-corrected chi connectivity index (χ0v) is 15.1. The van der Waals surface area contributed by atoms with Gasteiger partial charge in [-0.3, -0.25) is 4.79 Å². The van der Waals surface area contributed by atoms with Gasteiger partial charge in [-0.1, -0.05) is 6.07 Å². The first kappa shape index (κ1) is 16.8. The molecule has 1 aromatic heterocycles. The summed E-state index contributed by atoms with van der Waals surface area (Å²) >= 11 is 1.72. The van der Waals surface area contributed by atoms with Crippen LogP contribution in [0.5, 0.6) is 5.75 Å². The predicted octanol–water partition coefficient (Wildman–Crippen LogP) is 3.43. The summed E-state index contributed by atoms with van der Waals surface area (Å²) in [6, 6.07) is 12.5. The van der Waals surface area contributed by atoms with E-state index < -0.39 is 0 Å². The van der Waals surface area contributed by atoms with Gasteiger partial charge in [-0.15, -0.1) is 11.3 Å².